The maximum Gasteiger partial charge on any atom is 0.287 e. The molecule has 0 bridgehead atoms. The quantitative estimate of drug-likeness (QED) is 0.409. The molecule has 0 unspecified atom stereocenters. The van der Waals surface area contributed by atoms with Gasteiger partial charge in [-0.2, -0.15) is 0 Å². The largest absolute Gasteiger partial charge is 0.459 e. The van der Waals surface area contributed by atoms with Gasteiger partial charge in [0, 0.05) is 26.7 Å². The minimum absolute atomic E-state index is 0.218. The zero-order valence-corrected chi connectivity index (χ0v) is 15.1. The normalized spacial score (nSPS) is 11.2. The summed E-state index contributed by atoms with van der Waals surface area (Å²) in [7, 11) is 1.73. The van der Waals surface area contributed by atoms with Gasteiger partial charge in [0.15, 0.2) is 11.7 Å². The van der Waals surface area contributed by atoms with Crippen LogP contribution in [0.1, 0.15) is 27.2 Å². The number of aryl methyl sites for hydroxylation is 2. The maximum absolute atomic E-state index is 11.7. The van der Waals surface area contributed by atoms with E-state index in [0.717, 1.165) is 18.9 Å². The second kappa shape index (κ2) is 9.52. The van der Waals surface area contributed by atoms with Gasteiger partial charge >= 0.3 is 0 Å². The summed E-state index contributed by atoms with van der Waals surface area (Å²) >= 11 is 0. The average Bonchev–Trinajstić information content (AvgIpc) is 3.10. The Morgan fingerprint density at radius 1 is 1.04 bits per heavy atom. The Morgan fingerprint density at radius 3 is 2.36 bits per heavy atom. The van der Waals surface area contributed by atoms with E-state index in [1.54, 1.807) is 19.2 Å². The molecule has 1 aromatic carbocycles. The topological polar surface area (TPSA) is 78.7 Å². The number of hydrogen-bond acceptors (Lipinski definition) is 3. The molecule has 0 saturated heterocycles. The molecule has 0 aliphatic rings. The third-order valence-electron chi connectivity index (χ3n) is 3.66. The molecule has 0 fully saturated rings. The van der Waals surface area contributed by atoms with Crippen molar-refractivity contribution in [2.45, 2.75) is 20.3 Å². The van der Waals surface area contributed by atoms with Gasteiger partial charge in [0.25, 0.3) is 5.91 Å². The van der Waals surface area contributed by atoms with Crippen LogP contribution in [-0.4, -0.2) is 38.5 Å². The smallest absolute Gasteiger partial charge is 0.287 e. The number of carbonyl (C=O) groups is 1. The molecule has 1 amide bonds. The Bertz CT molecular complexity index is 688. The van der Waals surface area contributed by atoms with E-state index < -0.39 is 0 Å². The summed E-state index contributed by atoms with van der Waals surface area (Å²) in [6.07, 6.45) is 2.41. The number of guanidine groups is 1. The fourth-order valence-corrected chi connectivity index (χ4v) is 2.61. The van der Waals surface area contributed by atoms with Crippen molar-refractivity contribution < 1.29 is 9.21 Å². The molecule has 0 spiro atoms. The van der Waals surface area contributed by atoms with Crippen molar-refractivity contribution in [1.29, 1.82) is 0 Å². The van der Waals surface area contributed by atoms with Crippen LogP contribution >= 0.6 is 0 Å². The van der Waals surface area contributed by atoms with Gasteiger partial charge in [-0.15, -0.1) is 0 Å². The van der Waals surface area contributed by atoms with Gasteiger partial charge in [0.2, 0.25) is 0 Å². The van der Waals surface area contributed by atoms with E-state index in [0.29, 0.717) is 18.8 Å². The van der Waals surface area contributed by atoms with Gasteiger partial charge in [-0.1, -0.05) is 29.3 Å². The number of rotatable bonds is 7. The van der Waals surface area contributed by atoms with Crippen LogP contribution in [0.5, 0.6) is 0 Å². The Balaban J connectivity index is 1.66. The molecule has 2 aromatic rings. The second-order valence-electron chi connectivity index (χ2n) is 5.90. The fourth-order valence-electron chi connectivity index (χ4n) is 2.61. The first-order chi connectivity index (χ1) is 12.1. The Kier molecular flexibility index (Phi) is 7.07. The summed E-state index contributed by atoms with van der Waals surface area (Å²) in [4.78, 5) is 15.9. The van der Waals surface area contributed by atoms with Crippen LogP contribution in [0.15, 0.2) is 46.0 Å². The van der Waals surface area contributed by atoms with Gasteiger partial charge in [0.1, 0.15) is 0 Å². The molecule has 1 aromatic heterocycles. The highest BCUT2D eigenvalue weighted by Gasteiger charge is 2.06. The first-order valence-electron chi connectivity index (χ1n) is 8.42. The van der Waals surface area contributed by atoms with Gasteiger partial charge in [0.05, 0.1) is 6.26 Å². The van der Waals surface area contributed by atoms with E-state index in [2.05, 4.69) is 53.0 Å². The van der Waals surface area contributed by atoms with Crippen molar-refractivity contribution in [2.75, 3.05) is 26.7 Å². The van der Waals surface area contributed by atoms with Crippen LogP contribution in [0.25, 0.3) is 0 Å². The summed E-state index contributed by atoms with van der Waals surface area (Å²) in [6.45, 7) is 6.08. The Labute approximate surface area is 148 Å². The molecule has 25 heavy (non-hydrogen) atoms. The van der Waals surface area contributed by atoms with Gasteiger partial charge in [-0.3, -0.25) is 9.79 Å². The number of aliphatic imine (C=N–C) groups is 1. The zero-order valence-electron chi connectivity index (χ0n) is 15.1. The lowest BCUT2D eigenvalue weighted by atomic mass is 10.1. The summed E-state index contributed by atoms with van der Waals surface area (Å²) in [5, 5.41) is 9.23. The van der Waals surface area contributed by atoms with E-state index in [1.165, 1.54) is 23.0 Å². The van der Waals surface area contributed by atoms with Crippen LogP contribution in [0.4, 0.5) is 0 Å². The van der Waals surface area contributed by atoms with E-state index in [1.807, 2.05) is 0 Å². The lowest BCUT2D eigenvalue weighted by Crippen LogP contribution is -2.42. The van der Waals surface area contributed by atoms with Crippen LogP contribution in [0.2, 0.25) is 0 Å². The number of benzene rings is 1. The summed E-state index contributed by atoms with van der Waals surface area (Å²) in [5.74, 6) is 0.817. The Morgan fingerprint density at radius 2 is 1.72 bits per heavy atom. The maximum atomic E-state index is 11.7. The predicted octanol–water partition coefficient (Wildman–Crippen LogP) is 2.03. The zero-order chi connectivity index (χ0) is 18.1. The number of carbonyl (C=O) groups excluding carboxylic acids is 1. The predicted molar refractivity (Wildman–Crippen MR) is 100 cm³/mol. The summed E-state index contributed by atoms with van der Waals surface area (Å²) in [5.41, 5.74) is 3.88. The molecule has 1 heterocycles. The van der Waals surface area contributed by atoms with Crippen LogP contribution in [0.3, 0.4) is 0 Å². The molecule has 0 saturated carbocycles. The number of amides is 1. The van der Waals surface area contributed by atoms with Crippen LogP contribution in [-0.2, 0) is 6.42 Å². The lowest BCUT2D eigenvalue weighted by molar-refractivity contribution is 0.0926. The molecule has 2 rings (SSSR count). The van der Waals surface area contributed by atoms with Crippen molar-refractivity contribution in [3.63, 3.8) is 0 Å². The second-order valence-corrected chi connectivity index (χ2v) is 5.90. The standard InChI is InChI=1S/C19H26N4O2/c1-14-11-15(2)13-16(12-14)6-7-22-19(20-3)23-9-8-21-18(24)17-5-4-10-25-17/h4-5,10-13H,6-9H2,1-3H3,(H,21,24)(H2,20,22,23). The minimum Gasteiger partial charge on any atom is -0.459 e. The summed E-state index contributed by atoms with van der Waals surface area (Å²) in [6, 6.07) is 9.91. The molecule has 0 aliphatic heterocycles. The van der Waals surface area contributed by atoms with Crippen molar-refractivity contribution >= 4 is 11.9 Å². The highest BCUT2D eigenvalue weighted by atomic mass is 16.3. The monoisotopic (exact) mass is 342 g/mol. The number of nitrogens with one attached hydrogen (secondary N) is 3. The Hall–Kier alpha value is -2.76. The SMILES string of the molecule is CN=C(NCCNC(=O)c1ccco1)NCCc1cc(C)cc(C)c1. The van der Waals surface area contributed by atoms with Crippen molar-refractivity contribution in [1.82, 2.24) is 16.0 Å². The van der Waals surface area contributed by atoms with Gasteiger partial charge in [-0.05, 0) is 38.0 Å². The van der Waals surface area contributed by atoms with Crippen molar-refractivity contribution in [3.05, 3.63) is 59.0 Å². The van der Waals surface area contributed by atoms with E-state index in [-0.39, 0.29) is 5.91 Å². The molecule has 0 aliphatic carbocycles. The highest BCUT2D eigenvalue weighted by molar-refractivity contribution is 5.91. The van der Waals surface area contributed by atoms with Crippen LogP contribution < -0.4 is 16.0 Å². The first-order valence-corrected chi connectivity index (χ1v) is 8.42. The molecular weight excluding hydrogens is 316 g/mol. The van der Waals surface area contributed by atoms with Crippen molar-refractivity contribution in [3.8, 4) is 0 Å². The number of nitrogens with zero attached hydrogens (tertiary/aromatic N) is 1. The average molecular weight is 342 g/mol. The highest BCUT2D eigenvalue weighted by Crippen LogP contribution is 2.08. The minimum atomic E-state index is -0.218. The third kappa shape index (κ3) is 6.33. The fraction of sp³-hybridized carbons (Fsp3) is 0.368. The molecule has 0 radical (unpaired) electrons. The van der Waals surface area contributed by atoms with Gasteiger partial charge in [-0.25, -0.2) is 0 Å². The molecule has 0 atom stereocenters. The van der Waals surface area contributed by atoms with Crippen LogP contribution in [0, 0.1) is 13.8 Å². The number of furan rings is 1. The number of hydrogen-bond donors (Lipinski definition) is 3. The van der Waals surface area contributed by atoms with E-state index in [4.69, 9.17) is 4.42 Å². The van der Waals surface area contributed by atoms with E-state index >= 15 is 0 Å². The first kappa shape index (κ1) is 18.6. The molecule has 6 heteroatoms. The molecule has 3 N–H and O–H groups in total. The van der Waals surface area contributed by atoms with E-state index in [9.17, 15) is 4.79 Å². The van der Waals surface area contributed by atoms with Crippen molar-refractivity contribution in [2.24, 2.45) is 4.99 Å². The summed E-state index contributed by atoms with van der Waals surface area (Å²) < 4.78 is 5.04. The molecular formula is C19H26N4O2. The van der Waals surface area contributed by atoms with Gasteiger partial charge < -0.3 is 20.4 Å². The molecule has 6 nitrogen and oxygen atoms in total. The lowest BCUT2D eigenvalue weighted by Gasteiger charge is -2.12. The molecule has 134 valence electrons. The third-order valence-corrected chi connectivity index (χ3v) is 3.66.